The number of thiophene rings is 1. The molecule has 1 aromatic heterocycles. The number of benzene rings is 1. The van der Waals surface area contributed by atoms with Gasteiger partial charge in [-0.05, 0) is 36.1 Å². The summed E-state index contributed by atoms with van der Waals surface area (Å²) >= 11 is 1.51. The molecular weight excluding hydrogens is 274 g/mol. The van der Waals surface area contributed by atoms with Crippen LogP contribution in [0.5, 0.6) is 11.5 Å². The Morgan fingerprint density at radius 3 is 2.80 bits per heavy atom. The van der Waals surface area contributed by atoms with E-state index in [0.29, 0.717) is 18.8 Å². The maximum Gasteiger partial charge on any atom is 0.252 e. The van der Waals surface area contributed by atoms with Gasteiger partial charge >= 0.3 is 0 Å². The van der Waals surface area contributed by atoms with E-state index in [2.05, 4.69) is 5.32 Å². The predicted octanol–water partition coefficient (Wildman–Crippen LogP) is 3.01. The van der Waals surface area contributed by atoms with Gasteiger partial charge in [-0.2, -0.15) is 11.3 Å². The second-order valence-electron chi connectivity index (χ2n) is 4.61. The molecule has 0 saturated carbocycles. The quantitative estimate of drug-likeness (QED) is 0.945. The maximum absolute atomic E-state index is 12.0. The van der Waals surface area contributed by atoms with Crippen LogP contribution in [0.15, 0.2) is 35.0 Å². The Bertz CT molecular complexity index is 610. The Hall–Kier alpha value is -2.01. The molecule has 20 heavy (non-hydrogen) atoms. The average molecular weight is 289 g/mol. The molecule has 1 amide bonds. The van der Waals surface area contributed by atoms with Gasteiger partial charge < -0.3 is 14.8 Å². The average Bonchev–Trinajstić information content (AvgIpc) is 3.01. The van der Waals surface area contributed by atoms with Crippen molar-refractivity contribution >= 4 is 17.2 Å². The second kappa shape index (κ2) is 5.54. The third kappa shape index (κ3) is 2.63. The lowest BCUT2D eigenvalue weighted by molar-refractivity contribution is 0.0940. The van der Waals surface area contributed by atoms with Gasteiger partial charge in [-0.1, -0.05) is 6.07 Å². The molecule has 1 N–H and O–H groups in total. The lowest BCUT2D eigenvalue weighted by atomic mass is 10.1. The molecule has 5 heteroatoms. The Balaban J connectivity index is 1.74. The first-order chi connectivity index (χ1) is 9.74. The number of amides is 1. The van der Waals surface area contributed by atoms with Gasteiger partial charge in [-0.3, -0.25) is 4.79 Å². The third-order valence-corrected chi connectivity index (χ3v) is 3.88. The molecule has 2 heterocycles. The highest BCUT2D eigenvalue weighted by Crippen LogP contribution is 2.32. The van der Waals surface area contributed by atoms with Gasteiger partial charge in [0, 0.05) is 5.38 Å². The highest BCUT2D eigenvalue weighted by atomic mass is 32.1. The Morgan fingerprint density at radius 2 is 2.05 bits per heavy atom. The van der Waals surface area contributed by atoms with Gasteiger partial charge in [0.05, 0.1) is 11.6 Å². The maximum atomic E-state index is 12.0. The summed E-state index contributed by atoms with van der Waals surface area (Å²) < 4.78 is 11.0. The minimum atomic E-state index is -0.0850. The lowest BCUT2D eigenvalue weighted by Gasteiger charge is -2.21. The summed E-state index contributed by atoms with van der Waals surface area (Å²) in [5.41, 5.74) is 1.69. The minimum Gasteiger partial charge on any atom is -0.486 e. The molecule has 0 aliphatic carbocycles. The number of hydrogen-bond acceptors (Lipinski definition) is 4. The van der Waals surface area contributed by atoms with Crippen LogP contribution in [0.2, 0.25) is 0 Å². The van der Waals surface area contributed by atoms with Gasteiger partial charge in [0.15, 0.2) is 11.5 Å². The highest BCUT2D eigenvalue weighted by molar-refractivity contribution is 7.08. The first-order valence-electron chi connectivity index (χ1n) is 6.46. The molecule has 0 spiro atoms. The first kappa shape index (κ1) is 13.0. The molecule has 0 saturated heterocycles. The van der Waals surface area contributed by atoms with Crippen molar-refractivity contribution in [1.29, 1.82) is 0 Å². The van der Waals surface area contributed by atoms with Crippen molar-refractivity contribution < 1.29 is 14.3 Å². The minimum absolute atomic E-state index is 0.0614. The largest absolute Gasteiger partial charge is 0.486 e. The summed E-state index contributed by atoms with van der Waals surface area (Å²) in [6.45, 7) is 3.10. The molecule has 0 radical (unpaired) electrons. The van der Waals surface area contributed by atoms with Crippen LogP contribution < -0.4 is 14.8 Å². The van der Waals surface area contributed by atoms with Crippen LogP contribution in [0.4, 0.5) is 0 Å². The van der Waals surface area contributed by atoms with Crippen molar-refractivity contribution in [2.75, 3.05) is 13.2 Å². The number of ether oxygens (including phenoxy) is 2. The van der Waals surface area contributed by atoms with Crippen LogP contribution in [0.1, 0.15) is 28.9 Å². The van der Waals surface area contributed by atoms with E-state index in [1.807, 2.05) is 41.9 Å². The number of fused-ring (bicyclic) bond motifs is 1. The van der Waals surface area contributed by atoms with Crippen molar-refractivity contribution in [2.24, 2.45) is 0 Å². The molecule has 0 bridgehead atoms. The molecule has 0 unspecified atom stereocenters. The smallest absolute Gasteiger partial charge is 0.252 e. The molecule has 1 aliphatic rings. The monoisotopic (exact) mass is 289 g/mol. The standard InChI is InChI=1S/C15H15NO3S/c1-10(16-15(17)12-4-7-20-9-12)11-2-3-13-14(8-11)19-6-5-18-13/h2-4,7-10H,5-6H2,1H3,(H,16,17)/t10-/m1/s1. The molecule has 3 rings (SSSR count). The van der Waals surface area contributed by atoms with Crippen molar-refractivity contribution in [3.8, 4) is 11.5 Å². The molecule has 1 aromatic carbocycles. The van der Waals surface area contributed by atoms with E-state index >= 15 is 0 Å². The van der Waals surface area contributed by atoms with Crippen LogP contribution in [-0.4, -0.2) is 19.1 Å². The second-order valence-corrected chi connectivity index (χ2v) is 5.39. The van der Waals surface area contributed by atoms with Crippen LogP contribution in [0.25, 0.3) is 0 Å². The van der Waals surface area contributed by atoms with Crippen LogP contribution in [-0.2, 0) is 0 Å². The normalized spacial score (nSPS) is 14.7. The zero-order valence-corrected chi connectivity index (χ0v) is 11.9. The predicted molar refractivity (Wildman–Crippen MR) is 77.6 cm³/mol. The Morgan fingerprint density at radius 1 is 1.25 bits per heavy atom. The van der Waals surface area contributed by atoms with Crippen LogP contribution >= 0.6 is 11.3 Å². The topological polar surface area (TPSA) is 47.6 Å². The molecule has 4 nitrogen and oxygen atoms in total. The van der Waals surface area contributed by atoms with Crippen LogP contribution in [0, 0.1) is 0 Å². The van der Waals surface area contributed by atoms with Gasteiger partial charge in [0.25, 0.3) is 5.91 Å². The SMILES string of the molecule is C[C@@H](NC(=O)c1ccsc1)c1ccc2c(c1)OCCO2. The van der Waals surface area contributed by atoms with Gasteiger partial charge in [0.1, 0.15) is 13.2 Å². The third-order valence-electron chi connectivity index (χ3n) is 3.20. The van der Waals surface area contributed by atoms with Gasteiger partial charge in [0.2, 0.25) is 0 Å². The molecule has 1 atom stereocenters. The number of rotatable bonds is 3. The molecule has 0 fully saturated rings. The van der Waals surface area contributed by atoms with Crippen molar-refractivity contribution in [3.63, 3.8) is 0 Å². The highest BCUT2D eigenvalue weighted by Gasteiger charge is 2.16. The Kier molecular flexibility index (Phi) is 3.60. The summed E-state index contributed by atoms with van der Waals surface area (Å²) in [4.78, 5) is 12.0. The van der Waals surface area contributed by atoms with Gasteiger partial charge in [-0.25, -0.2) is 0 Å². The van der Waals surface area contributed by atoms with E-state index in [4.69, 9.17) is 9.47 Å². The van der Waals surface area contributed by atoms with Crippen molar-refractivity contribution in [3.05, 3.63) is 46.2 Å². The summed E-state index contributed by atoms with van der Waals surface area (Å²) in [6, 6.07) is 7.49. The molecule has 1 aliphatic heterocycles. The number of carbonyl (C=O) groups excluding carboxylic acids is 1. The Labute approximate surface area is 121 Å². The summed E-state index contributed by atoms with van der Waals surface area (Å²) in [7, 11) is 0. The first-order valence-corrected chi connectivity index (χ1v) is 7.41. The van der Waals surface area contributed by atoms with Crippen molar-refractivity contribution in [2.45, 2.75) is 13.0 Å². The van der Waals surface area contributed by atoms with E-state index in [1.165, 1.54) is 11.3 Å². The fourth-order valence-corrected chi connectivity index (χ4v) is 2.72. The number of nitrogens with one attached hydrogen (secondary N) is 1. The van der Waals surface area contributed by atoms with E-state index in [1.54, 1.807) is 0 Å². The van der Waals surface area contributed by atoms with Crippen molar-refractivity contribution in [1.82, 2.24) is 5.32 Å². The summed E-state index contributed by atoms with van der Waals surface area (Å²) in [5.74, 6) is 1.44. The van der Waals surface area contributed by atoms with E-state index in [-0.39, 0.29) is 11.9 Å². The fraction of sp³-hybridized carbons (Fsp3) is 0.267. The van der Waals surface area contributed by atoms with E-state index in [9.17, 15) is 4.79 Å². The molecule has 2 aromatic rings. The molecular formula is C15H15NO3S. The number of hydrogen-bond donors (Lipinski definition) is 1. The van der Waals surface area contributed by atoms with E-state index in [0.717, 1.165) is 17.1 Å². The summed E-state index contributed by atoms with van der Waals surface area (Å²) in [5, 5.41) is 6.71. The molecule has 104 valence electrons. The zero-order valence-electron chi connectivity index (χ0n) is 11.1. The summed E-state index contributed by atoms with van der Waals surface area (Å²) in [6.07, 6.45) is 0. The number of carbonyl (C=O) groups is 1. The zero-order chi connectivity index (χ0) is 13.9. The van der Waals surface area contributed by atoms with Gasteiger partial charge in [-0.15, -0.1) is 0 Å². The fourth-order valence-electron chi connectivity index (χ4n) is 2.09. The van der Waals surface area contributed by atoms with E-state index < -0.39 is 0 Å². The van der Waals surface area contributed by atoms with Crippen LogP contribution in [0.3, 0.4) is 0 Å². The lowest BCUT2D eigenvalue weighted by Crippen LogP contribution is -2.26.